The van der Waals surface area contributed by atoms with Crippen LogP contribution in [0.15, 0.2) is 44.3 Å². The first-order chi connectivity index (χ1) is 13.4. The minimum Gasteiger partial charge on any atom is -0.384 e. The molecule has 0 aliphatic carbocycles. The van der Waals surface area contributed by atoms with Crippen LogP contribution in [0.25, 0.3) is 0 Å². The van der Waals surface area contributed by atoms with Crippen molar-refractivity contribution < 1.29 is 4.79 Å². The molecule has 0 radical (unpaired) electrons. The summed E-state index contributed by atoms with van der Waals surface area (Å²) >= 11 is 2.56. The van der Waals surface area contributed by atoms with Gasteiger partial charge in [-0.25, -0.2) is 4.79 Å². The highest BCUT2D eigenvalue weighted by atomic mass is 32.2. The number of Topliss-reactive ketones (excluding diaryl/α,β-unsaturated/α-hetero) is 1. The van der Waals surface area contributed by atoms with Crippen LogP contribution < -0.4 is 17.0 Å². The largest absolute Gasteiger partial charge is 0.384 e. The molecule has 3 rings (SSSR count). The van der Waals surface area contributed by atoms with E-state index in [1.165, 1.54) is 27.7 Å². The zero-order valence-electron chi connectivity index (χ0n) is 15.4. The molecular weight excluding hydrogens is 398 g/mol. The monoisotopic (exact) mass is 417 g/mol. The molecule has 0 bridgehead atoms. The summed E-state index contributed by atoms with van der Waals surface area (Å²) < 4.78 is 2.94. The predicted octanol–water partition coefficient (Wildman–Crippen LogP) is 1.80. The molecule has 0 saturated heterocycles. The van der Waals surface area contributed by atoms with Crippen molar-refractivity contribution in [3.8, 4) is 0 Å². The Kier molecular flexibility index (Phi) is 6.10. The lowest BCUT2D eigenvalue weighted by Gasteiger charge is -2.15. The van der Waals surface area contributed by atoms with Gasteiger partial charge in [-0.2, -0.15) is 0 Å². The summed E-state index contributed by atoms with van der Waals surface area (Å²) in [6.07, 6.45) is 0. The molecule has 0 amide bonds. The van der Waals surface area contributed by atoms with Crippen molar-refractivity contribution in [2.75, 3.05) is 11.5 Å². The van der Waals surface area contributed by atoms with Gasteiger partial charge in [0.15, 0.2) is 10.1 Å². The van der Waals surface area contributed by atoms with Gasteiger partial charge in [0.2, 0.25) is 0 Å². The number of carbonyl (C=O) groups is 1. The quantitative estimate of drug-likeness (QED) is 0.461. The van der Waals surface area contributed by atoms with Crippen LogP contribution in [0.3, 0.4) is 0 Å². The van der Waals surface area contributed by atoms with Crippen LogP contribution in [0.1, 0.15) is 27.9 Å². The molecule has 1 aromatic carbocycles. The summed E-state index contributed by atoms with van der Waals surface area (Å²) in [5.74, 6) is -0.562. The van der Waals surface area contributed by atoms with Crippen molar-refractivity contribution in [1.29, 1.82) is 0 Å². The molecule has 28 heavy (non-hydrogen) atoms. The van der Waals surface area contributed by atoms with E-state index in [4.69, 9.17) is 5.73 Å². The molecule has 0 saturated carbocycles. The fourth-order valence-electron chi connectivity index (χ4n) is 2.71. The van der Waals surface area contributed by atoms with Crippen LogP contribution in [0, 0.1) is 6.92 Å². The summed E-state index contributed by atoms with van der Waals surface area (Å²) in [4.78, 5) is 38.2. The zero-order valence-corrected chi connectivity index (χ0v) is 17.0. The highest BCUT2D eigenvalue weighted by molar-refractivity contribution is 8.01. The average molecular weight is 418 g/mol. The van der Waals surface area contributed by atoms with E-state index in [0.717, 1.165) is 15.1 Å². The Hall–Kier alpha value is -2.72. The summed E-state index contributed by atoms with van der Waals surface area (Å²) in [5, 5.41) is 8.65. The molecule has 0 unspecified atom stereocenters. The first kappa shape index (κ1) is 20.0. The average Bonchev–Trinajstić information content (AvgIpc) is 3.10. The fraction of sp³-hybridized carbons (Fsp3) is 0.278. The van der Waals surface area contributed by atoms with Crippen molar-refractivity contribution in [2.24, 2.45) is 0 Å². The number of carbonyl (C=O) groups excluding carboxylic acids is 1. The Morgan fingerprint density at radius 2 is 1.89 bits per heavy atom. The lowest BCUT2D eigenvalue weighted by molar-refractivity contribution is 0.102. The van der Waals surface area contributed by atoms with Crippen LogP contribution >= 0.6 is 23.1 Å². The van der Waals surface area contributed by atoms with Gasteiger partial charge in [0.25, 0.3) is 5.56 Å². The number of benzene rings is 1. The van der Waals surface area contributed by atoms with Gasteiger partial charge in [-0.3, -0.25) is 18.7 Å². The molecule has 3 aromatic rings. The minimum absolute atomic E-state index is 0.0126. The first-order valence-electron chi connectivity index (χ1n) is 8.55. The topological polar surface area (TPSA) is 113 Å². The molecular formula is C18H19N5O3S2. The molecule has 2 N–H and O–H groups in total. The van der Waals surface area contributed by atoms with E-state index in [1.54, 1.807) is 6.92 Å². The Morgan fingerprint density at radius 1 is 1.18 bits per heavy atom. The number of thioether (sulfide) groups is 1. The number of nitrogen functional groups attached to an aromatic ring is 1. The Morgan fingerprint density at radius 3 is 2.50 bits per heavy atom. The van der Waals surface area contributed by atoms with E-state index in [-0.39, 0.29) is 30.2 Å². The predicted molar refractivity (Wildman–Crippen MR) is 110 cm³/mol. The number of rotatable bonds is 7. The normalized spacial score (nSPS) is 10.9. The molecule has 2 heterocycles. The first-order valence-corrected chi connectivity index (χ1v) is 10.4. The molecule has 0 fully saturated rings. The van der Waals surface area contributed by atoms with Crippen molar-refractivity contribution in [1.82, 2.24) is 19.3 Å². The van der Waals surface area contributed by atoms with E-state index in [9.17, 15) is 14.4 Å². The number of nitrogens with two attached hydrogens (primary N) is 1. The molecule has 0 atom stereocenters. The van der Waals surface area contributed by atoms with E-state index < -0.39 is 17.0 Å². The molecule has 8 nitrogen and oxygen atoms in total. The maximum Gasteiger partial charge on any atom is 0.332 e. The molecule has 2 aromatic heterocycles. The van der Waals surface area contributed by atoms with Crippen LogP contribution in [-0.2, 0) is 13.1 Å². The Labute approximate surface area is 169 Å². The van der Waals surface area contributed by atoms with Crippen LogP contribution in [0.4, 0.5) is 5.82 Å². The number of hydrogen-bond acceptors (Lipinski definition) is 8. The van der Waals surface area contributed by atoms with E-state index in [1.807, 2.05) is 37.3 Å². The summed E-state index contributed by atoms with van der Waals surface area (Å²) in [7, 11) is 0. The number of aryl methyl sites for hydroxylation is 1. The van der Waals surface area contributed by atoms with Crippen LogP contribution in [-0.4, -0.2) is 30.9 Å². The number of ketones is 1. The second-order valence-electron chi connectivity index (χ2n) is 5.96. The van der Waals surface area contributed by atoms with Crippen molar-refractivity contribution in [2.45, 2.75) is 31.3 Å². The van der Waals surface area contributed by atoms with Crippen LogP contribution in [0.5, 0.6) is 0 Å². The molecule has 0 spiro atoms. The van der Waals surface area contributed by atoms with Gasteiger partial charge < -0.3 is 5.73 Å². The summed E-state index contributed by atoms with van der Waals surface area (Å²) in [6.45, 7) is 3.82. The Balaban J connectivity index is 1.99. The third-order valence-electron chi connectivity index (χ3n) is 4.08. The smallest absolute Gasteiger partial charge is 0.332 e. The molecule has 0 aliphatic heterocycles. The van der Waals surface area contributed by atoms with Gasteiger partial charge in [-0.1, -0.05) is 53.4 Å². The minimum atomic E-state index is -0.659. The zero-order chi connectivity index (χ0) is 20.3. The number of aromatic nitrogens is 4. The Bertz CT molecular complexity index is 1120. The SMILES string of the molecule is CCn1c(=O)c(C(=O)CSc2nnc(C)s2)c(N)n(Cc2ccccc2)c1=O. The fourth-order valence-corrected chi connectivity index (χ4v) is 4.40. The third-order valence-corrected chi connectivity index (χ3v) is 6.05. The lowest BCUT2D eigenvalue weighted by Crippen LogP contribution is -2.44. The molecule has 0 aliphatic rings. The van der Waals surface area contributed by atoms with Gasteiger partial charge in [0.1, 0.15) is 16.4 Å². The standard InChI is InChI=1S/C18H19N5O3S2/c1-3-22-16(25)14(13(24)10-27-17-21-20-11(2)28-17)15(19)23(18(22)26)9-12-7-5-4-6-8-12/h4-8H,3,9-10,19H2,1-2H3. The summed E-state index contributed by atoms with van der Waals surface area (Å²) in [6, 6.07) is 9.26. The lowest BCUT2D eigenvalue weighted by atomic mass is 10.2. The number of nitrogens with zero attached hydrogens (tertiary/aromatic N) is 4. The van der Waals surface area contributed by atoms with Gasteiger partial charge in [0.05, 0.1) is 12.3 Å². The van der Waals surface area contributed by atoms with Crippen molar-refractivity contribution in [3.63, 3.8) is 0 Å². The highest BCUT2D eigenvalue weighted by Crippen LogP contribution is 2.23. The second-order valence-corrected chi connectivity index (χ2v) is 8.37. The summed E-state index contributed by atoms with van der Waals surface area (Å²) in [5.41, 5.74) is 5.62. The van der Waals surface area contributed by atoms with Gasteiger partial charge in [0, 0.05) is 6.54 Å². The number of hydrogen-bond donors (Lipinski definition) is 1. The van der Waals surface area contributed by atoms with Gasteiger partial charge >= 0.3 is 5.69 Å². The number of anilines is 1. The van der Waals surface area contributed by atoms with E-state index in [0.29, 0.717) is 4.34 Å². The maximum absolute atomic E-state index is 12.8. The molecule has 10 heteroatoms. The van der Waals surface area contributed by atoms with E-state index in [2.05, 4.69) is 10.2 Å². The van der Waals surface area contributed by atoms with Crippen molar-refractivity contribution in [3.05, 3.63) is 67.3 Å². The van der Waals surface area contributed by atoms with E-state index >= 15 is 0 Å². The van der Waals surface area contributed by atoms with Crippen molar-refractivity contribution >= 4 is 34.7 Å². The van der Waals surface area contributed by atoms with Crippen LogP contribution in [0.2, 0.25) is 0 Å². The maximum atomic E-state index is 12.8. The highest BCUT2D eigenvalue weighted by Gasteiger charge is 2.22. The third kappa shape index (κ3) is 4.07. The van der Waals surface area contributed by atoms with Gasteiger partial charge in [-0.15, -0.1) is 10.2 Å². The molecule has 146 valence electrons. The second kappa shape index (κ2) is 8.53. The van der Waals surface area contributed by atoms with Gasteiger partial charge in [-0.05, 0) is 19.4 Å².